The number of oxime groups is 1. The lowest BCUT2D eigenvalue weighted by molar-refractivity contribution is 0.106. The molecular weight excluding hydrogens is 262 g/mol. The predicted molar refractivity (Wildman–Crippen MR) is 72.9 cm³/mol. The van der Waals surface area contributed by atoms with Crippen LogP contribution in [0.3, 0.4) is 0 Å². The third kappa shape index (κ3) is 2.97. The van der Waals surface area contributed by atoms with Gasteiger partial charge in [-0.05, 0) is 12.3 Å². The van der Waals surface area contributed by atoms with Gasteiger partial charge in [0.15, 0.2) is 10.9 Å². The largest absolute Gasteiger partial charge is 0.410 e. The number of hydrogen-bond acceptors (Lipinski definition) is 6. The van der Waals surface area contributed by atoms with Gasteiger partial charge in [-0.3, -0.25) is 4.79 Å². The number of aromatic nitrogens is 2. The first kappa shape index (κ1) is 13.2. The van der Waals surface area contributed by atoms with Crippen LogP contribution in [0, 0.1) is 0 Å². The summed E-state index contributed by atoms with van der Waals surface area (Å²) in [4.78, 5) is 20.4. The molecule has 2 aromatic rings. The van der Waals surface area contributed by atoms with E-state index in [0.29, 0.717) is 16.4 Å². The molecule has 0 radical (unpaired) electrons. The molecule has 1 N–H and O–H groups in total. The van der Waals surface area contributed by atoms with E-state index in [0.717, 1.165) is 0 Å². The highest BCUT2D eigenvalue weighted by Crippen LogP contribution is 2.11. The number of rotatable bonds is 4. The van der Waals surface area contributed by atoms with E-state index >= 15 is 0 Å². The molecule has 0 saturated heterocycles. The van der Waals surface area contributed by atoms with Gasteiger partial charge in [0.05, 0.1) is 0 Å². The van der Waals surface area contributed by atoms with E-state index in [2.05, 4.69) is 15.1 Å². The second kappa shape index (κ2) is 6.10. The van der Waals surface area contributed by atoms with Gasteiger partial charge < -0.3 is 5.21 Å². The Morgan fingerprint density at radius 2 is 2.00 bits per heavy atom. The first-order valence-electron chi connectivity index (χ1n) is 5.45. The van der Waals surface area contributed by atoms with Gasteiger partial charge >= 0.3 is 0 Å². The minimum absolute atomic E-state index is 0.0936. The van der Waals surface area contributed by atoms with Gasteiger partial charge in [0, 0.05) is 11.8 Å². The smallest absolute Gasteiger partial charge is 0.216 e. The highest BCUT2D eigenvalue weighted by atomic mass is 32.2. The fraction of sp³-hybridized carbons (Fsp3) is 0.0769. The second-order valence-corrected chi connectivity index (χ2v) is 4.35. The summed E-state index contributed by atoms with van der Waals surface area (Å²) in [7, 11) is 0. The van der Waals surface area contributed by atoms with Crippen molar-refractivity contribution in [2.75, 3.05) is 6.26 Å². The summed E-state index contributed by atoms with van der Waals surface area (Å²) in [5.74, 6) is -0.381. The van der Waals surface area contributed by atoms with Crippen molar-refractivity contribution in [2.24, 2.45) is 5.16 Å². The molecule has 0 spiro atoms. The lowest BCUT2D eigenvalue weighted by atomic mass is 10.0. The molecule has 0 amide bonds. The summed E-state index contributed by atoms with van der Waals surface area (Å²) in [6.45, 7) is 0. The van der Waals surface area contributed by atoms with Gasteiger partial charge in [-0.15, -0.1) is 0 Å². The molecule has 96 valence electrons. The predicted octanol–water partition coefficient (Wildman–Crippen LogP) is 2.26. The lowest BCUT2D eigenvalue weighted by Gasteiger charge is -2.04. The molecule has 0 fully saturated rings. The van der Waals surface area contributed by atoms with E-state index in [1.54, 1.807) is 24.3 Å². The fourth-order valence-electron chi connectivity index (χ4n) is 1.51. The van der Waals surface area contributed by atoms with E-state index < -0.39 is 0 Å². The maximum absolute atomic E-state index is 12.2. The topological polar surface area (TPSA) is 75.4 Å². The van der Waals surface area contributed by atoms with E-state index in [-0.39, 0.29) is 11.5 Å². The Morgan fingerprint density at radius 1 is 1.26 bits per heavy atom. The zero-order valence-electron chi connectivity index (χ0n) is 10.1. The molecule has 1 heterocycles. The summed E-state index contributed by atoms with van der Waals surface area (Å²) in [5, 5.41) is 12.7. The minimum atomic E-state index is -0.381. The molecule has 0 atom stereocenters. The summed E-state index contributed by atoms with van der Waals surface area (Å²) < 4.78 is 0. The fourth-order valence-corrected chi connectivity index (χ4v) is 1.87. The molecule has 0 bridgehead atoms. The Balaban J connectivity index is 2.38. The van der Waals surface area contributed by atoms with Crippen molar-refractivity contribution >= 4 is 23.3 Å². The van der Waals surface area contributed by atoms with Crippen LogP contribution in [-0.2, 0) is 0 Å². The Bertz CT molecular complexity index is 614. The molecule has 0 aliphatic heterocycles. The lowest BCUT2D eigenvalue weighted by Crippen LogP contribution is -2.17. The molecule has 19 heavy (non-hydrogen) atoms. The SMILES string of the molecule is CSc1nccc(/C(=N/O)C(=O)c2ccccc2)n1. The Hall–Kier alpha value is -2.21. The van der Waals surface area contributed by atoms with Crippen molar-refractivity contribution in [1.82, 2.24) is 9.97 Å². The number of carbonyl (C=O) groups is 1. The van der Waals surface area contributed by atoms with Crippen LogP contribution in [0.1, 0.15) is 16.1 Å². The number of nitrogens with zero attached hydrogens (tertiary/aromatic N) is 3. The van der Waals surface area contributed by atoms with Crippen LogP contribution in [0.2, 0.25) is 0 Å². The second-order valence-electron chi connectivity index (χ2n) is 3.57. The van der Waals surface area contributed by atoms with Gasteiger partial charge in [0.2, 0.25) is 5.78 Å². The number of ketones is 1. The average Bonchev–Trinajstić information content (AvgIpc) is 2.49. The van der Waals surface area contributed by atoms with Crippen LogP contribution in [0.5, 0.6) is 0 Å². The first-order valence-corrected chi connectivity index (χ1v) is 6.68. The molecule has 2 rings (SSSR count). The normalized spacial score (nSPS) is 11.3. The summed E-state index contributed by atoms with van der Waals surface area (Å²) in [6, 6.07) is 10.2. The highest BCUT2D eigenvalue weighted by molar-refractivity contribution is 7.98. The van der Waals surface area contributed by atoms with E-state index in [9.17, 15) is 4.79 Å². The third-order valence-electron chi connectivity index (χ3n) is 2.41. The number of Topliss-reactive ketones (excluding diaryl/α,β-unsaturated/α-hetero) is 1. The molecule has 1 aromatic carbocycles. The number of benzene rings is 1. The summed E-state index contributed by atoms with van der Waals surface area (Å²) in [6.07, 6.45) is 3.35. The molecule has 0 aliphatic carbocycles. The van der Waals surface area contributed by atoms with Gasteiger partial charge in [0.25, 0.3) is 0 Å². The van der Waals surface area contributed by atoms with Gasteiger partial charge in [-0.25, -0.2) is 9.97 Å². The minimum Gasteiger partial charge on any atom is -0.410 e. The van der Waals surface area contributed by atoms with Gasteiger partial charge in [0.1, 0.15) is 5.69 Å². The van der Waals surface area contributed by atoms with Crippen molar-refractivity contribution in [3.05, 3.63) is 53.9 Å². The molecule has 0 saturated carbocycles. The Kier molecular flexibility index (Phi) is 4.25. The van der Waals surface area contributed by atoms with Crippen molar-refractivity contribution in [3.63, 3.8) is 0 Å². The summed E-state index contributed by atoms with van der Waals surface area (Å²) >= 11 is 1.35. The maximum atomic E-state index is 12.2. The van der Waals surface area contributed by atoms with Crippen LogP contribution < -0.4 is 0 Å². The van der Waals surface area contributed by atoms with Crippen LogP contribution in [0.4, 0.5) is 0 Å². The van der Waals surface area contributed by atoms with E-state index in [1.807, 2.05) is 12.3 Å². The monoisotopic (exact) mass is 273 g/mol. The van der Waals surface area contributed by atoms with Crippen LogP contribution in [0.15, 0.2) is 52.9 Å². The third-order valence-corrected chi connectivity index (χ3v) is 2.97. The average molecular weight is 273 g/mol. The summed E-state index contributed by atoms with van der Waals surface area (Å²) in [5.41, 5.74) is 0.652. The number of thioether (sulfide) groups is 1. The quantitative estimate of drug-likeness (QED) is 0.231. The molecule has 0 unspecified atom stereocenters. The Morgan fingerprint density at radius 3 is 2.63 bits per heavy atom. The van der Waals surface area contributed by atoms with E-state index in [4.69, 9.17) is 5.21 Å². The number of carbonyl (C=O) groups excluding carboxylic acids is 1. The van der Waals surface area contributed by atoms with Crippen LogP contribution >= 0.6 is 11.8 Å². The zero-order chi connectivity index (χ0) is 13.7. The maximum Gasteiger partial charge on any atom is 0.216 e. The van der Waals surface area contributed by atoms with Crippen LogP contribution in [-0.4, -0.2) is 32.9 Å². The molecule has 0 aliphatic rings. The molecule has 1 aromatic heterocycles. The van der Waals surface area contributed by atoms with Crippen molar-refractivity contribution in [2.45, 2.75) is 5.16 Å². The first-order chi connectivity index (χ1) is 9.26. The van der Waals surface area contributed by atoms with Gasteiger partial charge in [-0.1, -0.05) is 47.2 Å². The Labute approximate surface area is 114 Å². The zero-order valence-corrected chi connectivity index (χ0v) is 11.0. The van der Waals surface area contributed by atoms with Crippen molar-refractivity contribution < 1.29 is 10.0 Å². The number of hydrogen-bond donors (Lipinski definition) is 1. The van der Waals surface area contributed by atoms with E-state index in [1.165, 1.54) is 24.0 Å². The standard InChI is InChI=1S/C13H11N3O2S/c1-19-13-14-8-7-10(15-13)11(16-18)12(17)9-5-3-2-4-6-9/h2-8,18H,1H3/b16-11-. The van der Waals surface area contributed by atoms with Crippen LogP contribution in [0.25, 0.3) is 0 Å². The molecule has 6 heteroatoms. The van der Waals surface area contributed by atoms with Crippen molar-refractivity contribution in [1.29, 1.82) is 0 Å². The highest BCUT2D eigenvalue weighted by Gasteiger charge is 2.18. The van der Waals surface area contributed by atoms with Crippen molar-refractivity contribution in [3.8, 4) is 0 Å². The molecular formula is C13H11N3O2S. The molecule has 5 nitrogen and oxygen atoms in total. The van der Waals surface area contributed by atoms with Gasteiger partial charge in [-0.2, -0.15) is 0 Å².